The molecule has 1 fully saturated rings. The van der Waals surface area contributed by atoms with Gasteiger partial charge in [-0.1, -0.05) is 12.1 Å². The van der Waals surface area contributed by atoms with Gasteiger partial charge in [0.2, 0.25) is 0 Å². The lowest BCUT2D eigenvalue weighted by atomic mass is 9.95. The number of halogens is 1. The summed E-state index contributed by atoms with van der Waals surface area (Å²) in [7, 11) is 1.56. The lowest BCUT2D eigenvalue weighted by Crippen LogP contribution is -2.36. The van der Waals surface area contributed by atoms with Crippen LogP contribution >= 0.6 is 0 Å². The van der Waals surface area contributed by atoms with Crippen molar-refractivity contribution in [2.75, 3.05) is 31.2 Å². The fourth-order valence-corrected chi connectivity index (χ4v) is 3.96. The summed E-state index contributed by atoms with van der Waals surface area (Å²) in [5.41, 5.74) is 2.27. The number of nitrogens with zero attached hydrogens (tertiary/aromatic N) is 3. The van der Waals surface area contributed by atoms with Gasteiger partial charge in [0.1, 0.15) is 11.9 Å². The van der Waals surface area contributed by atoms with Crippen molar-refractivity contribution in [3.05, 3.63) is 93.2 Å². The monoisotopic (exact) mass is 448 g/mol. The highest BCUT2D eigenvalue weighted by Gasteiger charge is 2.20. The summed E-state index contributed by atoms with van der Waals surface area (Å²) in [4.78, 5) is 18.2. The number of anilines is 1. The van der Waals surface area contributed by atoms with Crippen LogP contribution in [-0.4, -0.2) is 48.4 Å². The van der Waals surface area contributed by atoms with E-state index in [-0.39, 0.29) is 16.8 Å². The second-order valence-corrected chi connectivity index (χ2v) is 7.82. The SMILES string of the molecule is C=Nc1cc(N2CCOCC2)ccc1C(=N)c1cc(C(O)c2cccc(=O)n2C)ccc1F. The zero-order chi connectivity index (χ0) is 23.5. The molecule has 0 amide bonds. The molecule has 7 nitrogen and oxygen atoms in total. The van der Waals surface area contributed by atoms with E-state index in [1.807, 2.05) is 12.1 Å². The molecule has 1 atom stereocenters. The van der Waals surface area contributed by atoms with Crippen LogP contribution < -0.4 is 10.5 Å². The molecule has 4 rings (SSSR count). The Morgan fingerprint density at radius 1 is 1.15 bits per heavy atom. The van der Waals surface area contributed by atoms with E-state index in [1.54, 1.807) is 25.2 Å². The maximum absolute atomic E-state index is 14.8. The van der Waals surface area contributed by atoms with Crippen LogP contribution in [-0.2, 0) is 11.8 Å². The molecule has 170 valence electrons. The molecule has 8 heteroatoms. The van der Waals surface area contributed by atoms with Crippen LogP contribution in [0.3, 0.4) is 0 Å². The molecule has 0 radical (unpaired) electrons. The summed E-state index contributed by atoms with van der Waals surface area (Å²) >= 11 is 0. The molecular formula is C25H25FN4O3. The van der Waals surface area contributed by atoms with Crippen LogP contribution in [0.1, 0.15) is 28.5 Å². The highest BCUT2D eigenvalue weighted by atomic mass is 19.1. The Bertz CT molecular complexity index is 1260. The molecule has 0 spiro atoms. The molecule has 1 aliphatic rings. The summed E-state index contributed by atoms with van der Waals surface area (Å²) in [5, 5.41) is 19.5. The van der Waals surface area contributed by atoms with Crippen LogP contribution in [0.15, 0.2) is 64.4 Å². The number of aromatic nitrogens is 1. The van der Waals surface area contributed by atoms with E-state index in [1.165, 1.54) is 28.8 Å². The molecule has 33 heavy (non-hydrogen) atoms. The Labute approximate surface area is 190 Å². The number of pyridine rings is 1. The number of hydrogen-bond donors (Lipinski definition) is 2. The topological polar surface area (TPSA) is 90.9 Å². The van der Waals surface area contributed by atoms with Gasteiger partial charge in [0, 0.05) is 43.0 Å². The molecule has 3 aromatic rings. The van der Waals surface area contributed by atoms with Gasteiger partial charge in [0.15, 0.2) is 0 Å². The third-order valence-corrected chi connectivity index (χ3v) is 5.88. The Morgan fingerprint density at radius 3 is 2.64 bits per heavy atom. The molecule has 1 aromatic heterocycles. The van der Waals surface area contributed by atoms with Crippen LogP contribution in [0.5, 0.6) is 0 Å². The Morgan fingerprint density at radius 2 is 1.91 bits per heavy atom. The van der Waals surface area contributed by atoms with Gasteiger partial charge in [0.05, 0.1) is 30.3 Å². The highest BCUT2D eigenvalue weighted by molar-refractivity contribution is 6.14. The summed E-state index contributed by atoms with van der Waals surface area (Å²) in [6.45, 7) is 6.41. The number of aliphatic hydroxyl groups excluding tert-OH is 1. The largest absolute Gasteiger partial charge is 0.382 e. The summed E-state index contributed by atoms with van der Waals surface area (Å²) in [6.07, 6.45) is -1.16. The lowest BCUT2D eigenvalue weighted by molar-refractivity contribution is 0.122. The third-order valence-electron chi connectivity index (χ3n) is 5.88. The van der Waals surface area contributed by atoms with Crippen molar-refractivity contribution in [1.82, 2.24) is 4.57 Å². The van der Waals surface area contributed by atoms with Crippen molar-refractivity contribution in [2.45, 2.75) is 6.10 Å². The maximum atomic E-state index is 14.8. The smallest absolute Gasteiger partial charge is 0.250 e. The van der Waals surface area contributed by atoms with Crippen molar-refractivity contribution in [3.8, 4) is 0 Å². The third kappa shape index (κ3) is 4.48. The van der Waals surface area contributed by atoms with Gasteiger partial charge in [-0.25, -0.2) is 4.39 Å². The highest BCUT2D eigenvalue weighted by Crippen LogP contribution is 2.30. The summed E-state index contributed by atoms with van der Waals surface area (Å²) < 4.78 is 21.5. The van der Waals surface area contributed by atoms with Gasteiger partial charge in [-0.3, -0.25) is 15.2 Å². The number of aliphatic imine (C=N–C) groups is 1. The first-order chi connectivity index (χ1) is 15.9. The first kappa shape index (κ1) is 22.6. The van der Waals surface area contributed by atoms with Gasteiger partial charge in [-0.2, -0.15) is 0 Å². The zero-order valence-corrected chi connectivity index (χ0v) is 18.3. The van der Waals surface area contributed by atoms with E-state index in [9.17, 15) is 14.3 Å². The van der Waals surface area contributed by atoms with Crippen molar-refractivity contribution in [1.29, 1.82) is 5.41 Å². The molecular weight excluding hydrogens is 423 g/mol. The van der Waals surface area contributed by atoms with Crippen LogP contribution in [0, 0.1) is 11.2 Å². The average molecular weight is 448 g/mol. The molecule has 0 saturated carbocycles. The minimum absolute atomic E-state index is 0.0245. The predicted octanol–water partition coefficient (Wildman–Crippen LogP) is 3.19. The maximum Gasteiger partial charge on any atom is 0.250 e. The Balaban J connectivity index is 1.69. The van der Waals surface area contributed by atoms with Crippen molar-refractivity contribution in [3.63, 3.8) is 0 Å². The van der Waals surface area contributed by atoms with Crippen molar-refractivity contribution in [2.24, 2.45) is 12.0 Å². The molecule has 2 aromatic carbocycles. The quantitative estimate of drug-likeness (QED) is 0.567. The van der Waals surface area contributed by atoms with E-state index in [0.717, 1.165) is 18.8 Å². The molecule has 0 bridgehead atoms. The predicted molar refractivity (Wildman–Crippen MR) is 127 cm³/mol. The number of aliphatic hydroxyl groups is 1. The van der Waals surface area contributed by atoms with E-state index in [2.05, 4.69) is 16.6 Å². The Hall–Kier alpha value is -3.62. The Kier molecular flexibility index (Phi) is 6.48. The first-order valence-corrected chi connectivity index (χ1v) is 10.6. The van der Waals surface area contributed by atoms with Crippen LogP contribution in [0.4, 0.5) is 15.8 Å². The average Bonchev–Trinajstić information content (AvgIpc) is 2.85. The molecule has 1 aliphatic heterocycles. The minimum Gasteiger partial charge on any atom is -0.382 e. The fourth-order valence-electron chi connectivity index (χ4n) is 3.96. The lowest BCUT2D eigenvalue weighted by Gasteiger charge is -2.29. The van der Waals surface area contributed by atoms with Crippen LogP contribution in [0.2, 0.25) is 0 Å². The number of nitrogens with one attached hydrogen (secondary N) is 1. The molecule has 1 saturated heterocycles. The van der Waals surface area contributed by atoms with E-state index in [0.29, 0.717) is 35.7 Å². The summed E-state index contributed by atoms with van der Waals surface area (Å²) in [6, 6.07) is 14.1. The van der Waals surface area contributed by atoms with E-state index < -0.39 is 11.9 Å². The number of benzene rings is 2. The zero-order valence-electron chi connectivity index (χ0n) is 18.3. The van der Waals surface area contributed by atoms with Gasteiger partial charge >= 0.3 is 0 Å². The van der Waals surface area contributed by atoms with Crippen molar-refractivity contribution < 1.29 is 14.2 Å². The molecule has 2 heterocycles. The van der Waals surface area contributed by atoms with E-state index >= 15 is 0 Å². The second-order valence-electron chi connectivity index (χ2n) is 7.82. The van der Waals surface area contributed by atoms with Gasteiger partial charge in [-0.05, 0) is 48.7 Å². The number of rotatable bonds is 6. The molecule has 2 N–H and O–H groups in total. The van der Waals surface area contributed by atoms with Gasteiger partial charge < -0.3 is 19.3 Å². The fraction of sp³-hybridized carbons (Fsp3) is 0.240. The van der Waals surface area contributed by atoms with E-state index in [4.69, 9.17) is 10.1 Å². The molecule has 0 aliphatic carbocycles. The molecule has 1 unspecified atom stereocenters. The number of morpholine rings is 1. The minimum atomic E-state index is -1.16. The number of ether oxygens (including phenoxy) is 1. The van der Waals surface area contributed by atoms with Crippen molar-refractivity contribution >= 4 is 23.8 Å². The van der Waals surface area contributed by atoms with Crippen LogP contribution in [0.25, 0.3) is 0 Å². The normalized spacial score (nSPS) is 14.7. The first-order valence-electron chi connectivity index (χ1n) is 10.6. The number of hydrogen-bond acceptors (Lipinski definition) is 6. The standard InChI is InChI=1S/C25H25FN4O3/c1-28-21-15-17(30-10-12-33-13-11-30)7-8-18(21)24(27)19-14-16(6-9-20(19)26)25(32)22-4-3-5-23(31)29(22)2/h3-9,14-15,25,27,32H,1,10-13H2,2H3. The van der Waals surface area contributed by atoms with Gasteiger partial charge in [-0.15, -0.1) is 0 Å². The summed E-state index contributed by atoms with van der Waals surface area (Å²) in [5.74, 6) is -0.592. The second kappa shape index (κ2) is 9.48. The van der Waals surface area contributed by atoms with Gasteiger partial charge in [0.25, 0.3) is 5.56 Å².